The van der Waals surface area contributed by atoms with Gasteiger partial charge in [-0.25, -0.2) is 14.8 Å². The van der Waals surface area contributed by atoms with E-state index in [1.807, 2.05) is 0 Å². The van der Waals surface area contributed by atoms with Crippen LogP contribution in [-0.2, 0) is 11.3 Å². The van der Waals surface area contributed by atoms with Crippen molar-refractivity contribution in [2.75, 3.05) is 5.75 Å². The molecule has 4 heterocycles. The smallest absolute Gasteiger partial charge is 0.286 e. The van der Waals surface area contributed by atoms with E-state index in [1.54, 1.807) is 23.2 Å². The lowest BCUT2D eigenvalue weighted by Crippen LogP contribution is -2.18. The van der Waals surface area contributed by atoms with Gasteiger partial charge in [0.05, 0.1) is 24.7 Å². The molecular weight excluding hydrogens is 382 g/mol. The fourth-order valence-electron chi connectivity index (χ4n) is 1.13. The first-order chi connectivity index (χ1) is 12.6. The number of H-pyrrole nitrogens is 1. The van der Waals surface area contributed by atoms with Crippen LogP contribution in [0.1, 0.15) is 0 Å². The summed E-state index contributed by atoms with van der Waals surface area (Å²) in [5.74, 6) is 0.105. The van der Waals surface area contributed by atoms with E-state index in [0.29, 0.717) is 5.75 Å². The summed E-state index contributed by atoms with van der Waals surface area (Å²) in [6.07, 6.45) is 8.13. The Hall–Kier alpha value is -2.97. The molecule has 1 fully saturated rings. The van der Waals surface area contributed by atoms with Gasteiger partial charge in [-0.15, -0.1) is 16.8 Å². The van der Waals surface area contributed by atoms with Crippen LogP contribution in [0.3, 0.4) is 0 Å². The molecule has 3 aromatic rings. The van der Waals surface area contributed by atoms with Crippen molar-refractivity contribution in [1.82, 2.24) is 45.9 Å². The number of imide groups is 1. The van der Waals surface area contributed by atoms with E-state index in [4.69, 9.17) is 0 Å². The first-order valence-electron chi connectivity index (χ1n) is 6.80. The van der Waals surface area contributed by atoms with Gasteiger partial charge in [-0.05, 0) is 21.2 Å². The molecule has 1 aliphatic heterocycles. The second-order valence-corrected chi connectivity index (χ2v) is 6.06. The Kier molecular flexibility index (Phi) is 10.8. The molecule has 1 atom stereocenters. The summed E-state index contributed by atoms with van der Waals surface area (Å²) in [7, 11) is -0.895. The fourth-order valence-corrected chi connectivity index (χ4v) is 2.11. The van der Waals surface area contributed by atoms with Gasteiger partial charge in [-0.3, -0.25) is 14.9 Å². The zero-order chi connectivity index (χ0) is 19.0. The Bertz CT molecular complexity index is 701. The minimum atomic E-state index is -0.895. The fraction of sp³-hybridized carbons (Fsp3) is 0.167. The number of carbonyl (C=O) groups excluding carboxylic acids is 2. The Morgan fingerprint density at radius 1 is 1.38 bits per heavy atom. The number of tetrazole rings is 1. The Morgan fingerprint density at radius 2 is 2.23 bits per heavy atom. The first-order valence-corrected chi connectivity index (χ1v) is 9.06. The van der Waals surface area contributed by atoms with Crippen LogP contribution >= 0.6 is 22.5 Å². The van der Waals surface area contributed by atoms with E-state index in [0.717, 1.165) is 18.3 Å². The van der Waals surface area contributed by atoms with Crippen molar-refractivity contribution in [3.05, 3.63) is 48.5 Å². The lowest BCUT2D eigenvalue weighted by Gasteiger charge is -1.87. The molecule has 0 aromatic carbocycles. The van der Waals surface area contributed by atoms with Crippen molar-refractivity contribution < 1.29 is 14.1 Å². The van der Waals surface area contributed by atoms with Gasteiger partial charge in [0, 0.05) is 6.20 Å². The summed E-state index contributed by atoms with van der Waals surface area (Å²) in [6.45, 7) is 4.28. The average molecular weight is 397 g/mol. The number of amides is 2. The molecule has 3 aromatic heterocycles. The predicted octanol–water partition coefficient (Wildman–Crippen LogP) is 0.442. The lowest BCUT2D eigenvalue weighted by atomic mass is 10.6. The molecule has 1 aliphatic rings. The number of rotatable bonds is 2. The topological polar surface area (TPSA) is 167 Å². The molecule has 26 heavy (non-hydrogen) atoms. The summed E-state index contributed by atoms with van der Waals surface area (Å²) in [5.41, 5.74) is 1.39. The molecule has 2 N–H and O–H groups in total. The first kappa shape index (κ1) is 21.1. The third-order valence-corrected chi connectivity index (χ3v) is 3.57. The third kappa shape index (κ3) is 10.7. The predicted molar refractivity (Wildman–Crippen MR) is 93.3 cm³/mol. The molecular formula is C12H15N9O3S2. The average Bonchev–Trinajstić information content (AvgIpc) is 3.39. The summed E-state index contributed by atoms with van der Waals surface area (Å²) < 4.78 is 11.8. The Labute approximate surface area is 154 Å². The van der Waals surface area contributed by atoms with Crippen molar-refractivity contribution in [3.8, 4) is 0 Å². The SMILES string of the molecule is C=CCn1ccnn1.O=C1CSC(=O)N1.[O-][s+]1ccnc1.c1nnn[nH]1. The largest absolute Gasteiger partial charge is 0.589 e. The van der Waals surface area contributed by atoms with E-state index < -0.39 is 10.8 Å². The monoisotopic (exact) mass is 397 g/mol. The number of aromatic nitrogens is 8. The zero-order valence-corrected chi connectivity index (χ0v) is 15.0. The van der Waals surface area contributed by atoms with E-state index in [-0.39, 0.29) is 11.1 Å². The van der Waals surface area contributed by atoms with E-state index in [9.17, 15) is 14.1 Å². The van der Waals surface area contributed by atoms with Crippen LogP contribution in [-0.4, -0.2) is 62.1 Å². The molecule has 1 saturated heterocycles. The van der Waals surface area contributed by atoms with Crippen LogP contribution in [0.2, 0.25) is 0 Å². The van der Waals surface area contributed by atoms with Gasteiger partial charge in [0.1, 0.15) is 6.33 Å². The minimum absolute atomic E-state index is 0.185. The maximum Gasteiger partial charge on any atom is 0.286 e. The quantitative estimate of drug-likeness (QED) is 0.457. The standard InChI is InChI=1S/C5H7N3.C3H3NO2S.C3H3NOS.CH2N4/c1-2-4-8-5-3-6-7-8;5-2-1-7-3(6)4-2;5-6-2-1-4-3-6;1-2-4-5-3-1/h2-3,5H,1,4H2;1H2,(H,4,5,6);1-3H;1H,(H,2,3,4,5). The van der Waals surface area contributed by atoms with Crippen LogP contribution in [0.15, 0.2) is 48.5 Å². The Morgan fingerprint density at radius 3 is 2.50 bits per heavy atom. The minimum Gasteiger partial charge on any atom is -0.589 e. The number of nitrogens with one attached hydrogen (secondary N) is 2. The number of hydrogen-bond acceptors (Lipinski definition) is 10. The molecule has 1 unspecified atom stereocenters. The van der Waals surface area contributed by atoms with Crippen molar-refractivity contribution in [3.63, 3.8) is 0 Å². The van der Waals surface area contributed by atoms with E-state index >= 15 is 0 Å². The molecule has 0 bridgehead atoms. The number of carbonyl (C=O) groups is 2. The van der Waals surface area contributed by atoms with Crippen molar-refractivity contribution in [2.45, 2.75) is 6.54 Å². The number of hydrogen-bond donors (Lipinski definition) is 2. The highest BCUT2D eigenvalue weighted by molar-refractivity contribution is 8.14. The molecule has 4 rings (SSSR count). The zero-order valence-electron chi connectivity index (χ0n) is 13.3. The number of nitrogens with zero attached hydrogens (tertiary/aromatic N) is 7. The van der Waals surface area contributed by atoms with Gasteiger partial charge < -0.3 is 4.55 Å². The summed E-state index contributed by atoms with van der Waals surface area (Å²) in [6, 6.07) is 0. The number of aromatic amines is 1. The summed E-state index contributed by atoms with van der Waals surface area (Å²) in [4.78, 5) is 23.7. The van der Waals surface area contributed by atoms with Gasteiger partial charge in [0.25, 0.3) is 5.24 Å². The summed E-state index contributed by atoms with van der Waals surface area (Å²) in [5, 5.41) is 22.8. The highest BCUT2D eigenvalue weighted by Crippen LogP contribution is 2.06. The number of allylic oxidation sites excluding steroid dienone is 1. The van der Waals surface area contributed by atoms with E-state index in [2.05, 4.69) is 47.8 Å². The lowest BCUT2D eigenvalue weighted by molar-refractivity contribution is -0.117. The molecule has 138 valence electrons. The molecule has 2 amide bonds. The van der Waals surface area contributed by atoms with Crippen LogP contribution < -0.4 is 5.32 Å². The molecule has 0 aliphatic carbocycles. The summed E-state index contributed by atoms with van der Waals surface area (Å²) >= 11 is 1.01. The molecule has 0 spiro atoms. The molecule has 0 radical (unpaired) electrons. The second-order valence-electron chi connectivity index (χ2n) is 3.97. The van der Waals surface area contributed by atoms with Gasteiger partial charge in [-0.1, -0.05) is 23.1 Å². The molecule has 14 heteroatoms. The highest BCUT2D eigenvalue weighted by atomic mass is 32.2. The van der Waals surface area contributed by atoms with Crippen LogP contribution in [0, 0.1) is 0 Å². The van der Waals surface area contributed by atoms with Crippen molar-refractivity contribution in [2.24, 2.45) is 0 Å². The molecule has 0 saturated carbocycles. The van der Waals surface area contributed by atoms with E-state index in [1.165, 1.54) is 23.4 Å². The van der Waals surface area contributed by atoms with Crippen LogP contribution in [0.5, 0.6) is 0 Å². The maximum absolute atomic E-state index is 10.1. The highest BCUT2D eigenvalue weighted by Gasteiger charge is 2.16. The van der Waals surface area contributed by atoms with Crippen LogP contribution in [0.4, 0.5) is 4.79 Å². The van der Waals surface area contributed by atoms with Crippen molar-refractivity contribution >= 4 is 33.7 Å². The molecule has 12 nitrogen and oxygen atoms in total. The van der Waals surface area contributed by atoms with Gasteiger partial charge in [0.2, 0.25) is 11.4 Å². The van der Waals surface area contributed by atoms with Gasteiger partial charge in [0.15, 0.2) is 5.38 Å². The number of thiazole rings is 1. The second kappa shape index (κ2) is 13.3. The van der Waals surface area contributed by atoms with Crippen molar-refractivity contribution in [1.29, 1.82) is 0 Å². The van der Waals surface area contributed by atoms with Crippen LogP contribution in [0.25, 0.3) is 0 Å². The number of thioether (sulfide) groups is 1. The van der Waals surface area contributed by atoms with Gasteiger partial charge >= 0.3 is 0 Å². The Balaban J connectivity index is 0.000000176. The van der Waals surface area contributed by atoms with Gasteiger partial charge in [-0.2, -0.15) is 0 Å². The third-order valence-electron chi connectivity index (χ3n) is 2.08. The normalized spacial score (nSPS) is 12.4. The maximum atomic E-state index is 10.1.